The molecule has 0 amide bonds. The highest BCUT2D eigenvalue weighted by atomic mass is 16.5. The number of fused-ring (bicyclic) bond motifs is 1. The lowest BCUT2D eigenvalue weighted by Crippen LogP contribution is -2.19. The lowest BCUT2D eigenvalue weighted by molar-refractivity contribution is 0.415. The number of ether oxygens (including phenoxy) is 1. The maximum atomic E-state index is 9.78. The van der Waals surface area contributed by atoms with E-state index in [1.807, 2.05) is 66.7 Å². The van der Waals surface area contributed by atoms with Crippen molar-refractivity contribution in [3.63, 3.8) is 0 Å². The second-order valence-corrected chi connectivity index (χ2v) is 6.26. The normalized spacial score (nSPS) is 10.4. The highest BCUT2D eigenvalue weighted by molar-refractivity contribution is 5.98. The number of pyridine rings is 2. The van der Waals surface area contributed by atoms with E-state index in [9.17, 15) is 5.26 Å². The lowest BCUT2D eigenvalue weighted by atomic mass is 10.1. The van der Waals surface area contributed by atoms with Crippen molar-refractivity contribution in [2.24, 2.45) is 0 Å². The first-order valence-corrected chi connectivity index (χ1v) is 8.89. The highest BCUT2D eigenvalue weighted by Gasteiger charge is 2.19. The summed E-state index contributed by atoms with van der Waals surface area (Å²) in [4.78, 5) is 11.0. The smallest absolute Gasteiger partial charge is 0.164 e. The van der Waals surface area contributed by atoms with Gasteiger partial charge in [0, 0.05) is 28.9 Å². The van der Waals surface area contributed by atoms with E-state index in [1.165, 1.54) is 0 Å². The molecule has 4 aromatic rings. The van der Waals surface area contributed by atoms with E-state index in [0.29, 0.717) is 12.2 Å². The van der Waals surface area contributed by atoms with E-state index in [2.05, 4.69) is 20.9 Å². The van der Waals surface area contributed by atoms with E-state index in [4.69, 9.17) is 4.74 Å². The van der Waals surface area contributed by atoms with Gasteiger partial charge in [0.25, 0.3) is 0 Å². The van der Waals surface area contributed by atoms with Crippen LogP contribution in [0.15, 0.2) is 79.1 Å². The Morgan fingerprint density at radius 1 is 1.00 bits per heavy atom. The van der Waals surface area contributed by atoms with E-state index in [1.54, 1.807) is 19.5 Å². The molecular weight excluding hydrogens is 348 g/mol. The Balaban J connectivity index is 1.97. The number of rotatable bonds is 5. The third-order valence-corrected chi connectivity index (χ3v) is 4.56. The molecule has 0 radical (unpaired) electrons. The monoisotopic (exact) mass is 366 g/mol. The summed E-state index contributed by atoms with van der Waals surface area (Å²) in [6.45, 7) is 0.511. The summed E-state index contributed by atoms with van der Waals surface area (Å²) in [7, 11) is 1.64. The molecule has 0 spiro atoms. The Kier molecular flexibility index (Phi) is 4.85. The van der Waals surface area contributed by atoms with Crippen molar-refractivity contribution < 1.29 is 4.74 Å². The number of para-hydroxylation sites is 1. The number of aromatic nitrogens is 2. The van der Waals surface area contributed by atoms with Gasteiger partial charge in [-0.1, -0.05) is 24.3 Å². The lowest BCUT2D eigenvalue weighted by Gasteiger charge is -2.26. The van der Waals surface area contributed by atoms with Crippen LogP contribution in [0.4, 0.5) is 11.4 Å². The van der Waals surface area contributed by atoms with Gasteiger partial charge < -0.3 is 9.64 Å². The minimum atomic E-state index is 0.362. The van der Waals surface area contributed by atoms with Gasteiger partial charge in [-0.3, -0.25) is 4.98 Å². The fourth-order valence-corrected chi connectivity index (χ4v) is 3.22. The molecule has 28 heavy (non-hydrogen) atoms. The maximum absolute atomic E-state index is 9.78. The number of nitriles is 1. The van der Waals surface area contributed by atoms with Crippen molar-refractivity contribution in [2.45, 2.75) is 6.54 Å². The molecule has 0 saturated heterocycles. The summed E-state index contributed by atoms with van der Waals surface area (Å²) < 4.78 is 5.42. The Labute approximate surface area is 163 Å². The van der Waals surface area contributed by atoms with E-state index < -0.39 is 0 Å². The molecule has 0 fully saturated rings. The predicted octanol–water partition coefficient (Wildman–Crippen LogP) is 4.85. The second kappa shape index (κ2) is 7.77. The Morgan fingerprint density at radius 2 is 1.82 bits per heavy atom. The maximum Gasteiger partial charge on any atom is 0.164 e. The first-order valence-electron chi connectivity index (χ1n) is 8.89. The molecule has 0 aliphatic rings. The van der Waals surface area contributed by atoms with Crippen LogP contribution in [0.25, 0.3) is 10.8 Å². The van der Waals surface area contributed by atoms with Gasteiger partial charge in [-0.2, -0.15) is 5.26 Å². The van der Waals surface area contributed by atoms with Gasteiger partial charge in [0.2, 0.25) is 0 Å². The molecule has 4 rings (SSSR count). The first kappa shape index (κ1) is 17.5. The van der Waals surface area contributed by atoms with Crippen LogP contribution in [0.5, 0.6) is 5.75 Å². The van der Waals surface area contributed by atoms with E-state index >= 15 is 0 Å². The van der Waals surface area contributed by atoms with Gasteiger partial charge in [-0.25, -0.2) is 4.98 Å². The largest absolute Gasteiger partial charge is 0.497 e. The molecular formula is C23H18N4O. The highest BCUT2D eigenvalue weighted by Crippen LogP contribution is 2.37. The average Bonchev–Trinajstić information content (AvgIpc) is 2.77. The van der Waals surface area contributed by atoms with Crippen molar-refractivity contribution in [2.75, 3.05) is 12.0 Å². The molecule has 136 valence electrons. The van der Waals surface area contributed by atoms with Crippen LogP contribution in [0.3, 0.4) is 0 Å². The van der Waals surface area contributed by atoms with Crippen molar-refractivity contribution in [1.82, 2.24) is 9.97 Å². The zero-order valence-corrected chi connectivity index (χ0v) is 15.4. The molecule has 0 bridgehead atoms. The Hall–Kier alpha value is -3.91. The molecule has 5 heteroatoms. The van der Waals surface area contributed by atoms with E-state index in [-0.39, 0.29) is 0 Å². The second-order valence-electron chi connectivity index (χ2n) is 6.26. The first-order chi connectivity index (χ1) is 13.8. The van der Waals surface area contributed by atoms with Crippen LogP contribution in [-0.2, 0) is 6.54 Å². The fraction of sp³-hybridized carbons (Fsp3) is 0.0870. The quantitative estimate of drug-likeness (QED) is 0.505. The standard InChI is InChI=1S/C23H18N4O/c1-28-20-11-10-17-15-26-22(14-24)23(21(17)13-20)27(19-8-3-2-4-9-19)16-18-7-5-6-12-25-18/h2-13,15H,16H2,1H3. The topological polar surface area (TPSA) is 62.0 Å². The predicted molar refractivity (Wildman–Crippen MR) is 110 cm³/mol. The third kappa shape index (κ3) is 3.36. The van der Waals surface area contributed by atoms with Crippen LogP contribution in [-0.4, -0.2) is 17.1 Å². The summed E-state index contributed by atoms with van der Waals surface area (Å²) >= 11 is 0. The third-order valence-electron chi connectivity index (χ3n) is 4.56. The molecule has 5 nitrogen and oxygen atoms in total. The summed E-state index contributed by atoms with van der Waals surface area (Å²) in [5.74, 6) is 0.731. The van der Waals surface area contributed by atoms with Gasteiger partial charge in [-0.05, 0) is 42.5 Å². The van der Waals surface area contributed by atoms with Gasteiger partial charge >= 0.3 is 0 Å². The molecule has 0 atom stereocenters. The molecule has 2 heterocycles. The number of anilines is 2. The number of benzene rings is 2. The molecule has 0 unspecified atom stereocenters. The summed E-state index contributed by atoms with van der Waals surface area (Å²) in [5, 5.41) is 11.6. The SMILES string of the molecule is COc1ccc2cnc(C#N)c(N(Cc3ccccn3)c3ccccc3)c2c1. The van der Waals surface area contributed by atoms with E-state index in [0.717, 1.165) is 33.6 Å². The number of hydrogen-bond acceptors (Lipinski definition) is 5. The fourth-order valence-electron chi connectivity index (χ4n) is 3.22. The van der Waals surface area contributed by atoms with Crippen LogP contribution >= 0.6 is 0 Å². The van der Waals surface area contributed by atoms with Gasteiger partial charge in [0.1, 0.15) is 11.8 Å². The van der Waals surface area contributed by atoms with Crippen molar-refractivity contribution in [3.05, 3.63) is 90.5 Å². The minimum absolute atomic E-state index is 0.362. The van der Waals surface area contributed by atoms with Crippen molar-refractivity contribution >= 4 is 22.1 Å². The zero-order valence-electron chi connectivity index (χ0n) is 15.4. The molecule has 2 aromatic carbocycles. The molecule has 0 aliphatic carbocycles. The number of methoxy groups -OCH3 is 1. The number of nitrogens with zero attached hydrogens (tertiary/aromatic N) is 4. The molecule has 2 aromatic heterocycles. The Bertz CT molecular complexity index is 1140. The van der Waals surface area contributed by atoms with Crippen molar-refractivity contribution in [3.8, 4) is 11.8 Å². The zero-order chi connectivity index (χ0) is 19.3. The minimum Gasteiger partial charge on any atom is -0.497 e. The molecule has 0 aliphatic heterocycles. The number of hydrogen-bond donors (Lipinski definition) is 0. The van der Waals surface area contributed by atoms with Gasteiger partial charge in [0.15, 0.2) is 5.69 Å². The summed E-state index contributed by atoms with van der Waals surface area (Å²) in [5.41, 5.74) is 2.97. The molecule has 0 saturated carbocycles. The average molecular weight is 366 g/mol. The van der Waals surface area contributed by atoms with Crippen LogP contribution in [0, 0.1) is 11.3 Å². The van der Waals surface area contributed by atoms with Crippen LogP contribution in [0.2, 0.25) is 0 Å². The van der Waals surface area contributed by atoms with Gasteiger partial charge in [-0.15, -0.1) is 0 Å². The van der Waals surface area contributed by atoms with Crippen LogP contribution < -0.4 is 9.64 Å². The molecule has 0 N–H and O–H groups in total. The van der Waals surface area contributed by atoms with Gasteiger partial charge in [0.05, 0.1) is 25.0 Å². The van der Waals surface area contributed by atoms with Crippen LogP contribution in [0.1, 0.15) is 11.4 Å². The summed E-state index contributed by atoms with van der Waals surface area (Å²) in [6, 6.07) is 23.8. The van der Waals surface area contributed by atoms with Crippen molar-refractivity contribution in [1.29, 1.82) is 5.26 Å². The Morgan fingerprint density at radius 3 is 2.54 bits per heavy atom. The summed E-state index contributed by atoms with van der Waals surface area (Å²) in [6.07, 6.45) is 3.49.